The van der Waals surface area contributed by atoms with Gasteiger partial charge < -0.3 is 11.1 Å². The van der Waals surface area contributed by atoms with Gasteiger partial charge in [0.2, 0.25) is 5.95 Å². The molecule has 7 heteroatoms. The summed E-state index contributed by atoms with van der Waals surface area (Å²) >= 11 is 0. The van der Waals surface area contributed by atoms with Crippen molar-refractivity contribution in [2.45, 2.75) is 6.18 Å². The van der Waals surface area contributed by atoms with Crippen LogP contribution in [-0.2, 0) is 6.18 Å². The van der Waals surface area contributed by atoms with Crippen LogP contribution >= 0.6 is 0 Å². The molecule has 1 aromatic heterocycles. The van der Waals surface area contributed by atoms with Crippen molar-refractivity contribution >= 4 is 5.95 Å². The first-order valence-corrected chi connectivity index (χ1v) is 3.87. The van der Waals surface area contributed by atoms with Crippen LogP contribution in [-0.4, -0.2) is 23.1 Å². The van der Waals surface area contributed by atoms with Gasteiger partial charge in [-0.25, -0.2) is 9.97 Å². The summed E-state index contributed by atoms with van der Waals surface area (Å²) in [6, 6.07) is 0. The first-order valence-electron chi connectivity index (χ1n) is 3.87. The van der Waals surface area contributed by atoms with Crippen LogP contribution in [0.5, 0.6) is 0 Å². The lowest BCUT2D eigenvalue weighted by Crippen LogP contribution is -2.15. The monoisotopic (exact) mass is 206 g/mol. The highest BCUT2D eigenvalue weighted by Crippen LogP contribution is 2.27. The second-order valence-electron chi connectivity index (χ2n) is 2.51. The molecule has 1 rings (SSSR count). The van der Waals surface area contributed by atoms with E-state index in [1.807, 2.05) is 0 Å². The lowest BCUT2D eigenvalue weighted by molar-refractivity contribution is -0.138. The fraction of sp³-hybridized carbons (Fsp3) is 0.429. The van der Waals surface area contributed by atoms with Gasteiger partial charge in [0.1, 0.15) is 0 Å². The molecule has 0 aliphatic carbocycles. The van der Waals surface area contributed by atoms with Crippen LogP contribution in [0, 0.1) is 0 Å². The fourth-order valence-corrected chi connectivity index (χ4v) is 0.750. The van der Waals surface area contributed by atoms with Crippen LogP contribution in [0.3, 0.4) is 0 Å². The van der Waals surface area contributed by atoms with Crippen molar-refractivity contribution in [3.63, 3.8) is 0 Å². The maximum atomic E-state index is 12.1. The van der Waals surface area contributed by atoms with Crippen LogP contribution in [0.15, 0.2) is 12.4 Å². The van der Waals surface area contributed by atoms with Gasteiger partial charge in [-0.05, 0) is 0 Å². The van der Waals surface area contributed by atoms with Crippen molar-refractivity contribution in [2.24, 2.45) is 5.73 Å². The van der Waals surface area contributed by atoms with Crippen molar-refractivity contribution in [1.82, 2.24) is 9.97 Å². The van der Waals surface area contributed by atoms with Gasteiger partial charge in [0, 0.05) is 25.5 Å². The van der Waals surface area contributed by atoms with Crippen LogP contribution in [0.1, 0.15) is 5.56 Å². The number of nitrogens with two attached hydrogens (primary N) is 1. The molecule has 3 N–H and O–H groups in total. The van der Waals surface area contributed by atoms with Crippen molar-refractivity contribution in [2.75, 3.05) is 18.4 Å². The second-order valence-corrected chi connectivity index (χ2v) is 2.51. The number of aromatic nitrogens is 2. The molecule has 0 radical (unpaired) electrons. The normalized spacial score (nSPS) is 11.4. The van der Waals surface area contributed by atoms with E-state index in [-0.39, 0.29) is 5.95 Å². The second kappa shape index (κ2) is 4.23. The summed E-state index contributed by atoms with van der Waals surface area (Å²) < 4.78 is 36.2. The molecule has 1 heterocycles. The Morgan fingerprint density at radius 3 is 2.29 bits per heavy atom. The Balaban J connectivity index is 2.69. The predicted octanol–water partition coefficient (Wildman–Crippen LogP) is 0.866. The molecular formula is C7H9F3N4. The molecule has 14 heavy (non-hydrogen) atoms. The van der Waals surface area contributed by atoms with Crippen molar-refractivity contribution < 1.29 is 13.2 Å². The number of anilines is 1. The lowest BCUT2D eigenvalue weighted by Gasteiger charge is -2.06. The third kappa shape index (κ3) is 2.84. The highest BCUT2D eigenvalue weighted by molar-refractivity contribution is 5.25. The van der Waals surface area contributed by atoms with Gasteiger partial charge >= 0.3 is 6.18 Å². The number of nitrogens with one attached hydrogen (secondary N) is 1. The van der Waals surface area contributed by atoms with E-state index in [2.05, 4.69) is 15.3 Å². The molecule has 0 saturated heterocycles. The van der Waals surface area contributed by atoms with E-state index < -0.39 is 11.7 Å². The summed E-state index contributed by atoms with van der Waals surface area (Å²) in [5, 5.41) is 2.66. The summed E-state index contributed by atoms with van der Waals surface area (Å²) in [5.74, 6) is 0.142. The fourth-order valence-electron chi connectivity index (χ4n) is 0.750. The zero-order chi connectivity index (χ0) is 10.6. The molecular weight excluding hydrogens is 197 g/mol. The number of nitrogens with zero attached hydrogens (tertiary/aromatic N) is 2. The summed E-state index contributed by atoms with van der Waals surface area (Å²) in [5.41, 5.74) is 4.31. The molecule has 0 aromatic carbocycles. The van der Waals surface area contributed by atoms with Gasteiger partial charge in [-0.2, -0.15) is 13.2 Å². The minimum atomic E-state index is -4.40. The zero-order valence-corrected chi connectivity index (χ0v) is 7.17. The molecule has 0 unspecified atom stereocenters. The first-order chi connectivity index (χ1) is 6.54. The third-order valence-corrected chi connectivity index (χ3v) is 1.41. The van der Waals surface area contributed by atoms with Gasteiger partial charge in [0.05, 0.1) is 5.56 Å². The smallest absolute Gasteiger partial charge is 0.353 e. The first kappa shape index (κ1) is 10.7. The standard InChI is InChI=1S/C7H9F3N4/c8-7(9,10)5-3-13-6(14-4-5)12-2-1-11/h3-4H,1-2,11H2,(H,12,13,14). The Kier molecular flexibility index (Phi) is 3.23. The van der Waals surface area contributed by atoms with E-state index in [1.165, 1.54) is 0 Å². The van der Waals surface area contributed by atoms with E-state index in [1.54, 1.807) is 0 Å². The van der Waals surface area contributed by atoms with Gasteiger partial charge in [-0.1, -0.05) is 0 Å². The highest BCUT2D eigenvalue weighted by atomic mass is 19.4. The number of hydrogen-bond acceptors (Lipinski definition) is 4. The quantitative estimate of drug-likeness (QED) is 0.770. The Morgan fingerprint density at radius 1 is 1.29 bits per heavy atom. The van der Waals surface area contributed by atoms with Crippen LogP contribution in [0.2, 0.25) is 0 Å². The van der Waals surface area contributed by atoms with Gasteiger partial charge in [-0.15, -0.1) is 0 Å². The number of alkyl halides is 3. The van der Waals surface area contributed by atoms with Crippen molar-refractivity contribution in [3.05, 3.63) is 18.0 Å². The minimum absolute atomic E-state index is 0.142. The Morgan fingerprint density at radius 2 is 1.86 bits per heavy atom. The lowest BCUT2D eigenvalue weighted by atomic mass is 10.3. The zero-order valence-electron chi connectivity index (χ0n) is 7.17. The molecule has 0 fully saturated rings. The maximum absolute atomic E-state index is 12.1. The van der Waals surface area contributed by atoms with Gasteiger partial charge in [0.15, 0.2) is 0 Å². The van der Waals surface area contributed by atoms with Crippen LogP contribution in [0.4, 0.5) is 19.1 Å². The summed E-state index contributed by atoms with van der Waals surface area (Å²) in [6.07, 6.45) is -2.94. The minimum Gasteiger partial charge on any atom is -0.353 e. The van der Waals surface area contributed by atoms with E-state index in [4.69, 9.17) is 5.73 Å². The molecule has 0 aliphatic heterocycles. The van der Waals surface area contributed by atoms with Crippen molar-refractivity contribution in [1.29, 1.82) is 0 Å². The molecule has 0 aliphatic rings. The summed E-state index contributed by atoms with van der Waals surface area (Å²) in [7, 11) is 0. The SMILES string of the molecule is NCCNc1ncc(C(F)(F)F)cn1. The largest absolute Gasteiger partial charge is 0.419 e. The Bertz CT molecular complexity index is 282. The average Bonchev–Trinajstić information content (AvgIpc) is 2.14. The molecule has 1 aromatic rings. The molecule has 0 bridgehead atoms. The Hall–Kier alpha value is -1.37. The molecule has 0 atom stereocenters. The maximum Gasteiger partial charge on any atom is 0.419 e. The van der Waals surface area contributed by atoms with Crippen molar-refractivity contribution in [3.8, 4) is 0 Å². The van der Waals surface area contributed by atoms with E-state index in [0.717, 1.165) is 12.4 Å². The predicted molar refractivity (Wildman–Crippen MR) is 44.6 cm³/mol. The van der Waals surface area contributed by atoms with E-state index >= 15 is 0 Å². The van der Waals surface area contributed by atoms with Gasteiger partial charge in [-0.3, -0.25) is 0 Å². The van der Waals surface area contributed by atoms with Crippen LogP contribution in [0.25, 0.3) is 0 Å². The summed E-state index contributed by atoms with van der Waals surface area (Å²) in [4.78, 5) is 6.97. The molecule has 4 nitrogen and oxygen atoms in total. The van der Waals surface area contributed by atoms with E-state index in [9.17, 15) is 13.2 Å². The average molecular weight is 206 g/mol. The molecule has 78 valence electrons. The summed E-state index contributed by atoms with van der Waals surface area (Å²) in [6.45, 7) is 0.787. The number of rotatable bonds is 3. The molecule has 0 saturated carbocycles. The highest BCUT2D eigenvalue weighted by Gasteiger charge is 2.31. The topological polar surface area (TPSA) is 63.8 Å². The number of hydrogen-bond donors (Lipinski definition) is 2. The third-order valence-electron chi connectivity index (χ3n) is 1.41. The molecule has 0 spiro atoms. The molecule has 0 amide bonds. The Labute approximate surface area is 78.4 Å². The number of halogens is 3. The van der Waals surface area contributed by atoms with Gasteiger partial charge in [0.25, 0.3) is 0 Å². The van der Waals surface area contributed by atoms with Crippen LogP contribution < -0.4 is 11.1 Å². The van der Waals surface area contributed by atoms with E-state index in [0.29, 0.717) is 13.1 Å².